The normalized spacial score (nSPS) is 11.2. The summed E-state index contributed by atoms with van der Waals surface area (Å²) >= 11 is 0. The Morgan fingerprint density at radius 3 is 2.26 bits per heavy atom. The van der Waals surface area contributed by atoms with Gasteiger partial charge in [0.25, 0.3) is 0 Å². The van der Waals surface area contributed by atoms with E-state index in [1.54, 1.807) is 12.1 Å². The summed E-state index contributed by atoms with van der Waals surface area (Å²) in [6, 6.07) is 36.0. The summed E-state index contributed by atoms with van der Waals surface area (Å²) in [5.41, 5.74) is 6.34. The number of hydrogen-bond acceptors (Lipinski definition) is 2. The van der Waals surface area contributed by atoms with Gasteiger partial charge in [-0.05, 0) is 52.8 Å². The van der Waals surface area contributed by atoms with Gasteiger partial charge in [-0.3, -0.25) is 0 Å². The molecule has 0 saturated heterocycles. The Labute approximate surface area is 221 Å². The number of aryl methyl sites for hydroxylation is 1. The zero-order chi connectivity index (χ0) is 26.1. The lowest BCUT2D eigenvalue weighted by Crippen LogP contribution is -2.07. The fourth-order valence-corrected chi connectivity index (χ4v) is 5.32. The summed E-state index contributed by atoms with van der Waals surface area (Å²) in [5, 5.41) is 13.2. The number of carboxylic acid groups (broad SMARTS) is 1. The van der Waals surface area contributed by atoms with Gasteiger partial charge in [0.15, 0.2) is 0 Å². The Morgan fingerprint density at radius 2 is 1.42 bits per heavy atom. The average molecular weight is 498 g/mol. The fourth-order valence-electron chi connectivity index (χ4n) is 5.32. The molecule has 0 atom stereocenters. The van der Waals surface area contributed by atoms with E-state index in [4.69, 9.17) is 4.74 Å². The van der Waals surface area contributed by atoms with Crippen molar-refractivity contribution in [2.75, 3.05) is 6.61 Å². The van der Waals surface area contributed by atoms with Crippen molar-refractivity contribution in [3.63, 3.8) is 0 Å². The van der Waals surface area contributed by atoms with E-state index in [0.717, 1.165) is 44.1 Å². The molecule has 0 radical (unpaired) electrons. The van der Waals surface area contributed by atoms with Crippen LogP contribution in [0.15, 0.2) is 115 Å². The quantitative estimate of drug-likeness (QED) is 0.242. The van der Waals surface area contributed by atoms with Gasteiger partial charge >= 0.3 is 5.97 Å². The molecule has 0 aliphatic heterocycles. The van der Waals surface area contributed by atoms with Crippen LogP contribution >= 0.6 is 0 Å². The van der Waals surface area contributed by atoms with Crippen molar-refractivity contribution in [1.82, 2.24) is 4.57 Å². The minimum Gasteiger partial charge on any atom is -0.491 e. The van der Waals surface area contributed by atoms with Crippen molar-refractivity contribution in [1.29, 1.82) is 0 Å². The molecule has 0 saturated carbocycles. The average Bonchev–Trinajstić information content (AvgIpc) is 3.32. The molecule has 1 heterocycles. The number of ether oxygens (including phenoxy) is 1. The number of rotatable bonds is 7. The molecular weight excluding hydrogens is 470 g/mol. The van der Waals surface area contributed by atoms with Gasteiger partial charge in [-0.1, -0.05) is 91.0 Å². The highest BCUT2D eigenvalue weighted by Crippen LogP contribution is 2.40. The zero-order valence-corrected chi connectivity index (χ0v) is 21.1. The van der Waals surface area contributed by atoms with Crippen molar-refractivity contribution in [3.8, 4) is 28.0 Å². The lowest BCUT2D eigenvalue weighted by atomic mass is 9.92. The number of hydrogen-bond donors (Lipinski definition) is 1. The third kappa shape index (κ3) is 4.20. The van der Waals surface area contributed by atoms with Crippen LogP contribution in [0.25, 0.3) is 43.9 Å². The maximum absolute atomic E-state index is 12.1. The number of aromatic carboxylic acids is 1. The Balaban J connectivity index is 1.45. The predicted molar refractivity (Wildman–Crippen MR) is 154 cm³/mol. The second-order valence-electron chi connectivity index (χ2n) is 9.43. The maximum atomic E-state index is 12.1. The van der Waals surface area contributed by atoms with Gasteiger partial charge in [0, 0.05) is 28.0 Å². The highest BCUT2D eigenvalue weighted by atomic mass is 16.5. The third-order valence-corrected chi connectivity index (χ3v) is 7.13. The molecule has 38 heavy (non-hydrogen) atoms. The van der Waals surface area contributed by atoms with E-state index in [0.29, 0.717) is 24.3 Å². The smallest absolute Gasteiger partial charge is 0.336 e. The fraction of sp³-hybridized carbons (Fsp3) is 0.0882. The highest BCUT2D eigenvalue weighted by Gasteiger charge is 2.19. The van der Waals surface area contributed by atoms with Gasteiger partial charge in [0.2, 0.25) is 0 Å². The molecule has 0 aliphatic carbocycles. The number of fused-ring (bicyclic) bond motifs is 2. The molecule has 0 unspecified atom stereocenters. The van der Waals surface area contributed by atoms with E-state index in [1.807, 2.05) is 60.7 Å². The standard InChI is InChI=1S/C34H27NO3/c1-23-10-2-4-13-25(23)30-22-35(20-21-38-32-19-8-12-24-11-3-5-14-26(24)32)31-18-9-17-28(33(30)31)27-15-6-7-16-29(27)34(36)37/h2-19,22H,20-21H2,1H3,(H,36,37). The molecule has 4 nitrogen and oxygen atoms in total. The van der Waals surface area contributed by atoms with Crippen LogP contribution in [0.2, 0.25) is 0 Å². The molecular formula is C34H27NO3. The van der Waals surface area contributed by atoms with Crippen LogP contribution < -0.4 is 4.74 Å². The van der Waals surface area contributed by atoms with Gasteiger partial charge in [0.05, 0.1) is 12.1 Å². The van der Waals surface area contributed by atoms with Crippen molar-refractivity contribution in [2.24, 2.45) is 0 Å². The van der Waals surface area contributed by atoms with E-state index in [1.165, 1.54) is 5.56 Å². The first-order valence-electron chi connectivity index (χ1n) is 12.7. The van der Waals surface area contributed by atoms with Crippen molar-refractivity contribution in [2.45, 2.75) is 13.5 Å². The molecule has 1 N–H and O–H groups in total. The number of aromatic nitrogens is 1. The lowest BCUT2D eigenvalue weighted by molar-refractivity contribution is 0.0697. The Morgan fingerprint density at radius 1 is 0.737 bits per heavy atom. The summed E-state index contributed by atoms with van der Waals surface area (Å²) < 4.78 is 8.50. The molecule has 0 fully saturated rings. The molecule has 5 aromatic carbocycles. The summed E-state index contributed by atoms with van der Waals surface area (Å²) in [6.07, 6.45) is 2.17. The van der Waals surface area contributed by atoms with Gasteiger partial charge in [-0.25, -0.2) is 4.79 Å². The number of carboxylic acids is 1. The van der Waals surface area contributed by atoms with Gasteiger partial charge in [0.1, 0.15) is 12.4 Å². The molecule has 0 aliphatic rings. The summed E-state index contributed by atoms with van der Waals surface area (Å²) in [7, 11) is 0. The monoisotopic (exact) mass is 497 g/mol. The number of benzene rings is 5. The van der Waals surface area contributed by atoms with Crippen LogP contribution in [0.5, 0.6) is 5.75 Å². The minimum atomic E-state index is -0.932. The van der Waals surface area contributed by atoms with Crippen LogP contribution in [0, 0.1) is 6.92 Å². The number of nitrogens with zero attached hydrogens (tertiary/aromatic N) is 1. The van der Waals surface area contributed by atoms with Crippen molar-refractivity contribution >= 4 is 27.6 Å². The van der Waals surface area contributed by atoms with Crippen LogP contribution in [0.3, 0.4) is 0 Å². The van der Waals surface area contributed by atoms with Crippen LogP contribution in [-0.2, 0) is 6.54 Å². The first kappa shape index (κ1) is 23.6. The van der Waals surface area contributed by atoms with Crippen LogP contribution in [0.1, 0.15) is 15.9 Å². The van der Waals surface area contributed by atoms with Gasteiger partial charge < -0.3 is 14.4 Å². The second kappa shape index (κ2) is 9.91. The lowest BCUT2D eigenvalue weighted by Gasteiger charge is -2.12. The third-order valence-electron chi connectivity index (χ3n) is 7.13. The maximum Gasteiger partial charge on any atom is 0.336 e. The van der Waals surface area contributed by atoms with E-state index in [2.05, 4.69) is 54.1 Å². The molecule has 4 heteroatoms. The molecule has 0 bridgehead atoms. The highest BCUT2D eigenvalue weighted by molar-refractivity contribution is 6.09. The molecule has 0 spiro atoms. The van der Waals surface area contributed by atoms with Crippen molar-refractivity contribution in [3.05, 3.63) is 127 Å². The SMILES string of the molecule is Cc1ccccc1-c1cn(CCOc2cccc3ccccc23)c2cccc(-c3ccccc3C(=O)O)c12. The van der Waals surface area contributed by atoms with Crippen molar-refractivity contribution < 1.29 is 14.6 Å². The number of carbonyl (C=O) groups is 1. The summed E-state index contributed by atoms with van der Waals surface area (Å²) in [4.78, 5) is 12.1. The molecule has 6 aromatic rings. The Bertz CT molecular complexity index is 1790. The van der Waals surface area contributed by atoms with Crippen LogP contribution in [0.4, 0.5) is 0 Å². The van der Waals surface area contributed by atoms with Crippen LogP contribution in [-0.4, -0.2) is 22.2 Å². The first-order valence-corrected chi connectivity index (χ1v) is 12.7. The molecule has 186 valence electrons. The first-order chi connectivity index (χ1) is 18.6. The topological polar surface area (TPSA) is 51.5 Å². The summed E-state index contributed by atoms with van der Waals surface area (Å²) in [5.74, 6) is -0.0623. The summed E-state index contributed by atoms with van der Waals surface area (Å²) in [6.45, 7) is 3.26. The second-order valence-corrected chi connectivity index (χ2v) is 9.43. The molecule has 0 amide bonds. The van der Waals surface area contributed by atoms with E-state index in [9.17, 15) is 9.90 Å². The van der Waals surface area contributed by atoms with E-state index in [-0.39, 0.29) is 0 Å². The minimum absolute atomic E-state index is 0.294. The van der Waals surface area contributed by atoms with E-state index < -0.39 is 5.97 Å². The Kier molecular flexibility index (Phi) is 6.14. The largest absolute Gasteiger partial charge is 0.491 e. The van der Waals surface area contributed by atoms with Gasteiger partial charge in [-0.2, -0.15) is 0 Å². The van der Waals surface area contributed by atoms with Gasteiger partial charge in [-0.15, -0.1) is 0 Å². The zero-order valence-electron chi connectivity index (χ0n) is 21.1. The Hall–Kier alpha value is -4.83. The van der Waals surface area contributed by atoms with E-state index >= 15 is 0 Å². The molecule has 6 rings (SSSR count). The predicted octanol–water partition coefficient (Wildman–Crippen LogP) is 8.21. The molecule has 1 aromatic heterocycles.